The molecule has 0 spiro atoms. The van der Waals surface area contributed by atoms with E-state index in [9.17, 15) is 4.79 Å². The van der Waals surface area contributed by atoms with Gasteiger partial charge in [0.15, 0.2) is 5.13 Å². The fraction of sp³-hybridized carbons (Fsp3) is 0.200. The lowest BCUT2D eigenvalue weighted by Gasteiger charge is -2.20. The predicted molar refractivity (Wildman–Crippen MR) is 115 cm³/mol. The number of hydrogen-bond donors (Lipinski definition) is 1. The Morgan fingerprint density at radius 3 is 2.81 bits per heavy atom. The van der Waals surface area contributed by atoms with Gasteiger partial charge in [0.05, 0.1) is 12.8 Å². The molecule has 1 aromatic heterocycles. The number of nitrogens with one attached hydrogen (secondary N) is 1. The van der Waals surface area contributed by atoms with E-state index < -0.39 is 0 Å². The van der Waals surface area contributed by atoms with Crippen LogP contribution in [-0.2, 0) is 0 Å². The number of carbonyl (C=O) groups excluding carboxylic acids is 1. The number of methoxy groups -OCH3 is 1. The normalized spacial score (nSPS) is 10.5. The van der Waals surface area contributed by atoms with Crippen LogP contribution in [0.1, 0.15) is 13.3 Å². The number of amides is 2. The second-order valence-electron chi connectivity index (χ2n) is 5.84. The van der Waals surface area contributed by atoms with Crippen molar-refractivity contribution in [3.8, 4) is 17.0 Å². The summed E-state index contributed by atoms with van der Waals surface area (Å²) in [6.45, 7) is 2.62. The Morgan fingerprint density at radius 1 is 1.26 bits per heavy atom. The number of nitrogens with zero attached hydrogens (tertiary/aromatic N) is 2. The lowest BCUT2D eigenvalue weighted by atomic mass is 10.2. The minimum atomic E-state index is -0.208. The number of thiazole rings is 1. The third kappa shape index (κ3) is 4.87. The van der Waals surface area contributed by atoms with Crippen LogP contribution in [0.5, 0.6) is 5.75 Å². The first-order chi connectivity index (χ1) is 13.1. The van der Waals surface area contributed by atoms with Gasteiger partial charge in [-0.05, 0) is 30.7 Å². The summed E-state index contributed by atoms with van der Waals surface area (Å²) < 4.78 is 6.21. The molecule has 27 heavy (non-hydrogen) atoms. The van der Waals surface area contributed by atoms with E-state index in [4.69, 9.17) is 4.74 Å². The summed E-state index contributed by atoms with van der Waals surface area (Å²) >= 11 is 4.94. The minimum Gasteiger partial charge on any atom is -0.497 e. The van der Waals surface area contributed by atoms with Crippen LogP contribution in [-0.4, -0.2) is 24.7 Å². The second kappa shape index (κ2) is 9.01. The molecule has 1 heterocycles. The Morgan fingerprint density at radius 2 is 2.07 bits per heavy atom. The Hall–Kier alpha value is -2.38. The Balaban J connectivity index is 1.81. The first-order valence-electron chi connectivity index (χ1n) is 8.54. The van der Waals surface area contributed by atoms with Gasteiger partial charge in [0, 0.05) is 33.7 Å². The number of benzene rings is 2. The van der Waals surface area contributed by atoms with Crippen molar-refractivity contribution in [3.63, 3.8) is 0 Å². The molecule has 0 aliphatic rings. The maximum Gasteiger partial charge on any atom is 0.328 e. The summed E-state index contributed by atoms with van der Waals surface area (Å²) in [6, 6.07) is 15.1. The van der Waals surface area contributed by atoms with Gasteiger partial charge in [0.25, 0.3) is 0 Å². The topological polar surface area (TPSA) is 54.5 Å². The Labute approximate surface area is 171 Å². The highest BCUT2D eigenvalue weighted by Gasteiger charge is 2.19. The molecule has 140 valence electrons. The molecular formula is C20H20BrN3O2S. The molecule has 5 nitrogen and oxygen atoms in total. The fourth-order valence-electron chi connectivity index (χ4n) is 2.57. The molecule has 2 aromatic carbocycles. The highest BCUT2D eigenvalue weighted by molar-refractivity contribution is 9.10. The molecule has 0 saturated carbocycles. The fourth-order valence-corrected chi connectivity index (χ4v) is 3.83. The largest absolute Gasteiger partial charge is 0.497 e. The summed E-state index contributed by atoms with van der Waals surface area (Å²) in [5.74, 6) is 0.695. The van der Waals surface area contributed by atoms with E-state index in [1.54, 1.807) is 18.1 Å². The molecule has 3 rings (SSSR count). The molecule has 0 aliphatic carbocycles. The molecule has 0 aliphatic heterocycles. The molecule has 7 heteroatoms. The van der Waals surface area contributed by atoms with E-state index in [0.29, 0.717) is 23.1 Å². The SMILES string of the molecule is CCCN(C(=O)Nc1cccc(OC)c1)c1nc(-c2cccc(Br)c2)cs1. The lowest BCUT2D eigenvalue weighted by molar-refractivity contribution is 0.257. The quantitative estimate of drug-likeness (QED) is 0.503. The number of urea groups is 1. The van der Waals surface area contributed by atoms with Crippen molar-refractivity contribution >= 4 is 44.1 Å². The number of hydrogen-bond acceptors (Lipinski definition) is 4. The number of anilines is 2. The molecule has 0 atom stereocenters. The van der Waals surface area contributed by atoms with Crippen molar-refractivity contribution in [2.75, 3.05) is 23.9 Å². The van der Waals surface area contributed by atoms with Gasteiger partial charge in [-0.15, -0.1) is 11.3 Å². The predicted octanol–water partition coefficient (Wildman–Crippen LogP) is 6.03. The highest BCUT2D eigenvalue weighted by Crippen LogP contribution is 2.29. The van der Waals surface area contributed by atoms with E-state index in [0.717, 1.165) is 22.2 Å². The van der Waals surface area contributed by atoms with E-state index in [1.807, 2.05) is 54.8 Å². The molecular weight excluding hydrogens is 426 g/mol. The minimum absolute atomic E-state index is 0.208. The highest BCUT2D eigenvalue weighted by atomic mass is 79.9. The van der Waals surface area contributed by atoms with Crippen molar-refractivity contribution in [3.05, 3.63) is 58.4 Å². The van der Waals surface area contributed by atoms with Gasteiger partial charge in [0.2, 0.25) is 0 Å². The molecule has 0 bridgehead atoms. The molecule has 0 saturated heterocycles. The number of halogens is 1. The summed E-state index contributed by atoms with van der Waals surface area (Å²) in [5, 5.41) is 5.57. The van der Waals surface area contributed by atoms with Crippen molar-refractivity contribution in [1.82, 2.24) is 4.98 Å². The van der Waals surface area contributed by atoms with Gasteiger partial charge >= 0.3 is 6.03 Å². The summed E-state index contributed by atoms with van der Waals surface area (Å²) in [5.41, 5.74) is 2.55. The van der Waals surface area contributed by atoms with Gasteiger partial charge in [-0.3, -0.25) is 4.90 Å². The van der Waals surface area contributed by atoms with Crippen LogP contribution in [0.25, 0.3) is 11.3 Å². The summed E-state index contributed by atoms with van der Waals surface area (Å²) in [4.78, 5) is 19.2. The van der Waals surface area contributed by atoms with E-state index in [2.05, 4.69) is 26.2 Å². The van der Waals surface area contributed by atoms with Crippen molar-refractivity contribution < 1.29 is 9.53 Å². The first kappa shape index (κ1) is 19.4. The molecule has 2 amide bonds. The molecule has 1 N–H and O–H groups in total. The maximum absolute atomic E-state index is 12.8. The van der Waals surface area contributed by atoms with Gasteiger partial charge < -0.3 is 10.1 Å². The molecule has 0 unspecified atom stereocenters. The lowest BCUT2D eigenvalue weighted by Crippen LogP contribution is -2.35. The summed E-state index contributed by atoms with van der Waals surface area (Å²) in [7, 11) is 1.60. The Bertz CT molecular complexity index is 929. The first-order valence-corrected chi connectivity index (χ1v) is 10.2. The van der Waals surface area contributed by atoms with Crippen LogP contribution in [0.2, 0.25) is 0 Å². The second-order valence-corrected chi connectivity index (χ2v) is 7.59. The van der Waals surface area contributed by atoms with Gasteiger partial charge in [-0.2, -0.15) is 0 Å². The van der Waals surface area contributed by atoms with E-state index >= 15 is 0 Å². The number of rotatable bonds is 6. The summed E-state index contributed by atoms with van der Waals surface area (Å²) in [6.07, 6.45) is 0.831. The van der Waals surface area contributed by atoms with Crippen LogP contribution in [0.3, 0.4) is 0 Å². The van der Waals surface area contributed by atoms with Crippen LogP contribution in [0.4, 0.5) is 15.6 Å². The van der Waals surface area contributed by atoms with Crippen molar-refractivity contribution in [2.45, 2.75) is 13.3 Å². The van der Waals surface area contributed by atoms with E-state index in [1.165, 1.54) is 11.3 Å². The van der Waals surface area contributed by atoms with Crippen LogP contribution in [0, 0.1) is 0 Å². The number of ether oxygens (including phenoxy) is 1. The number of aromatic nitrogens is 1. The molecule has 0 fully saturated rings. The third-order valence-corrected chi connectivity index (χ3v) is 5.21. The zero-order chi connectivity index (χ0) is 19.2. The van der Waals surface area contributed by atoms with Crippen LogP contribution >= 0.6 is 27.3 Å². The van der Waals surface area contributed by atoms with Gasteiger partial charge in [-0.1, -0.05) is 41.1 Å². The van der Waals surface area contributed by atoms with Crippen LogP contribution < -0.4 is 15.0 Å². The van der Waals surface area contributed by atoms with Crippen molar-refractivity contribution in [1.29, 1.82) is 0 Å². The van der Waals surface area contributed by atoms with Gasteiger partial charge in [-0.25, -0.2) is 9.78 Å². The average molecular weight is 446 g/mol. The average Bonchev–Trinajstić information content (AvgIpc) is 3.16. The van der Waals surface area contributed by atoms with Gasteiger partial charge in [0.1, 0.15) is 5.75 Å². The zero-order valence-electron chi connectivity index (χ0n) is 15.1. The van der Waals surface area contributed by atoms with Crippen molar-refractivity contribution in [2.24, 2.45) is 0 Å². The molecule has 0 radical (unpaired) electrons. The molecule has 3 aromatic rings. The third-order valence-electron chi connectivity index (χ3n) is 3.86. The standard InChI is InChI=1S/C20H20BrN3O2S/c1-3-10-24(19(25)22-16-8-5-9-17(12-16)26-2)20-23-18(13-27-20)14-6-4-7-15(21)11-14/h4-9,11-13H,3,10H2,1-2H3,(H,22,25). The van der Waals surface area contributed by atoms with E-state index in [-0.39, 0.29) is 6.03 Å². The Kier molecular flexibility index (Phi) is 6.47. The maximum atomic E-state index is 12.8. The number of carbonyl (C=O) groups is 1. The monoisotopic (exact) mass is 445 g/mol. The smallest absolute Gasteiger partial charge is 0.328 e. The zero-order valence-corrected chi connectivity index (χ0v) is 17.5. The van der Waals surface area contributed by atoms with Crippen LogP contribution in [0.15, 0.2) is 58.4 Å².